The van der Waals surface area contributed by atoms with Crippen molar-refractivity contribution in [3.8, 4) is 0 Å². The van der Waals surface area contributed by atoms with Crippen molar-refractivity contribution in [3.05, 3.63) is 57.9 Å². The number of nitrogens with zero attached hydrogens (tertiary/aromatic N) is 2. The lowest BCUT2D eigenvalue weighted by molar-refractivity contribution is 0.0690. The Morgan fingerprint density at radius 3 is 2.65 bits per heavy atom. The van der Waals surface area contributed by atoms with E-state index < -0.39 is 5.97 Å². The minimum absolute atomic E-state index is 0.124. The summed E-state index contributed by atoms with van der Waals surface area (Å²) in [6.07, 6.45) is 1.69. The molecule has 3 rings (SSSR count). The first kappa shape index (κ1) is 12.9. The van der Waals surface area contributed by atoms with Crippen LogP contribution in [0.4, 0.5) is 11.5 Å². The number of imidazole rings is 1. The molecule has 0 radical (unpaired) electrons. The van der Waals surface area contributed by atoms with Crippen LogP contribution in [0.5, 0.6) is 0 Å². The number of carbonyl (C=O) groups is 1. The number of anilines is 2. The number of benzene rings is 1. The topological polar surface area (TPSA) is 66.6 Å². The predicted molar refractivity (Wildman–Crippen MR) is 84.6 cm³/mol. The maximum absolute atomic E-state index is 11.4. The Morgan fingerprint density at radius 1 is 1.20 bits per heavy atom. The summed E-state index contributed by atoms with van der Waals surface area (Å²) in [4.78, 5) is 15.8. The third kappa shape index (κ3) is 2.34. The van der Waals surface area contributed by atoms with Crippen LogP contribution in [0.1, 0.15) is 10.5 Å². The van der Waals surface area contributed by atoms with Gasteiger partial charge in [0.25, 0.3) is 0 Å². The van der Waals surface area contributed by atoms with Crippen LogP contribution in [0.15, 0.2) is 48.7 Å². The predicted octanol–water partition coefficient (Wildman–Crippen LogP) is 3.38. The van der Waals surface area contributed by atoms with Crippen molar-refractivity contribution < 1.29 is 9.90 Å². The zero-order valence-corrected chi connectivity index (χ0v) is 12.4. The minimum Gasteiger partial charge on any atom is -0.476 e. The van der Waals surface area contributed by atoms with E-state index >= 15 is 0 Å². The van der Waals surface area contributed by atoms with Crippen LogP contribution in [0.2, 0.25) is 0 Å². The van der Waals surface area contributed by atoms with Gasteiger partial charge in [0.05, 0.1) is 0 Å². The first-order valence-corrected chi connectivity index (χ1v) is 6.96. The smallest absolute Gasteiger partial charge is 0.356 e. The highest BCUT2D eigenvalue weighted by Gasteiger charge is 2.18. The van der Waals surface area contributed by atoms with Crippen LogP contribution in [0.25, 0.3) is 5.65 Å². The minimum atomic E-state index is -1.02. The van der Waals surface area contributed by atoms with Gasteiger partial charge in [0.15, 0.2) is 11.5 Å². The number of hydrogen-bond acceptors (Lipinski definition) is 3. The average Bonchev–Trinajstić information content (AvgIpc) is 2.79. The summed E-state index contributed by atoms with van der Waals surface area (Å²) in [6, 6.07) is 13.0. The summed E-state index contributed by atoms with van der Waals surface area (Å²) in [6.45, 7) is 0. The number of carboxylic acid groups (broad SMARTS) is 1. The molecule has 0 unspecified atom stereocenters. The average molecular weight is 379 g/mol. The molecule has 20 heavy (non-hydrogen) atoms. The highest BCUT2D eigenvalue weighted by molar-refractivity contribution is 14.1. The van der Waals surface area contributed by atoms with E-state index in [1.165, 1.54) is 0 Å². The number of pyridine rings is 1. The molecular formula is C14H10IN3O2. The SMILES string of the molecule is O=C(O)c1c(Nc2ccc(I)cc2)nc2ccccn12. The molecule has 0 amide bonds. The molecule has 2 heterocycles. The summed E-state index contributed by atoms with van der Waals surface area (Å²) in [5.41, 5.74) is 1.52. The summed E-state index contributed by atoms with van der Waals surface area (Å²) in [5, 5.41) is 12.4. The van der Waals surface area contributed by atoms with Gasteiger partial charge in [-0.25, -0.2) is 9.78 Å². The molecule has 100 valence electrons. The molecule has 1 aromatic carbocycles. The normalized spacial score (nSPS) is 10.7. The Balaban J connectivity index is 2.08. The van der Waals surface area contributed by atoms with Gasteiger partial charge in [-0.1, -0.05) is 6.07 Å². The fourth-order valence-corrected chi connectivity index (χ4v) is 2.32. The molecule has 0 atom stereocenters. The summed E-state index contributed by atoms with van der Waals surface area (Å²) in [7, 11) is 0. The van der Waals surface area contributed by atoms with E-state index in [0.29, 0.717) is 11.5 Å². The number of aromatic carboxylic acids is 1. The quantitative estimate of drug-likeness (QED) is 0.685. The molecule has 0 aliphatic rings. The van der Waals surface area contributed by atoms with E-state index in [0.717, 1.165) is 9.26 Å². The Hall–Kier alpha value is -2.09. The van der Waals surface area contributed by atoms with Crippen LogP contribution >= 0.6 is 22.6 Å². The molecule has 0 fully saturated rings. The maximum atomic E-state index is 11.4. The Bertz CT molecular complexity index is 781. The highest BCUT2D eigenvalue weighted by Crippen LogP contribution is 2.22. The largest absolute Gasteiger partial charge is 0.476 e. The van der Waals surface area contributed by atoms with Gasteiger partial charge in [-0.3, -0.25) is 4.40 Å². The van der Waals surface area contributed by atoms with Crippen LogP contribution in [-0.2, 0) is 0 Å². The van der Waals surface area contributed by atoms with E-state index in [2.05, 4.69) is 32.9 Å². The molecule has 0 saturated heterocycles. The standard InChI is InChI=1S/C14H10IN3O2/c15-9-4-6-10(7-5-9)16-13-12(14(19)20)18-8-2-1-3-11(18)17-13/h1-8,16H,(H,19,20). The van der Waals surface area contributed by atoms with Crippen molar-refractivity contribution >= 4 is 45.7 Å². The zero-order chi connectivity index (χ0) is 14.1. The second-order valence-electron chi connectivity index (χ2n) is 4.17. The van der Waals surface area contributed by atoms with Gasteiger partial charge in [0.2, 0.25) is 0 Å². The Kier molecular flexibility index (Phi) is 3.31. The molecule has 0 bridgehead atoms. The van der Waals surface area contributed by atoms with Crippen LogP contribution in [-0.4, -0.2) is 20.5 Å². The lowest BCUT2D eigenvalue weighted by atomic mass is 10.3. The number of aromatic nitrogens is 2. The number of carboxylic acids is 1. The molecule has 0 saturated carbocycles. The second kappa shape index (κ2) is 5.12. The first-order chi connectivity index (χ1) is 9.65. The van der Waals surface area contributed by atoms with Gasteiger partial charge in [-0.05, 0) is 59.0 Å². The molecule has 3 aromatic rings. The van der Waals surface area contributed by atoms with E-state index in [9.17, 15) is 9.90 Å². The van der Waals surface area contributed by atoms with Crippen molar-refractivity contribution in [1.82, 2.24) is 9.38 Å². The van der Waals surface area contributed by atoms with Gasteiger partial charge < -0.3 is 10.4 Å². The summed E-state index contributed by atoms with van der Waals surface area (Å²) in [5.74, 6) is -0.679. The van der Waals surface area contributed by atoms with Gasteiger partial charge in [-0.15, -0.1) is 0 Å². The Labute approximate surface area is 128 Å². The number of hydrogen-bond donors (Lipinski definition) is 2. The molecule has 6 heteroatoms. The van der Waals surface area contributed by atoms with Crippen LogP contribution in [0.3, 0.4) is 0 Å². The zero-order valence-electron chi connectivity index (χ0n) is 10.2. The van der Waals surface area contributed by atoms with E-state index in [4.69, 9.17) is 0 Å². The monoisotopic (exact) mass is 379 g/mol. The highest BCUT2D eigenvalue weighted by atomic mass is 127. The first-order valence-electron chi connectivity index (χ1n) is 5.88. The van der Waals surface area contributed by atoms with Crippen molar-refractivity contribution in [2.75, 3.05) is 5.32 Å². The van der Waals surface area contributed by atoms with Crippen LogP contribution in [0, 0.1) is 3.57 Å². The third-order valence-electron chi connectivity index (χ3n) is 2.84. The van der Waals surface area contributed by atoms with Crippen LogP contribution < -0.4 is 5.32 Å². The summed E-state index contributed by atoms with van der Waals surface area (Å²) >= 11 is 2.21. The molecule has 2 aromatic heterocycles. The molecule has 2 N–H and O–H groups in total. The Morgan fingerprint density at radius 2 is 1.95 bits per heavy atom. The van der Waals surface area contributed by atoms with E-state index in [1.807, 2.05) is 30.3 Å². The molecule has 0 spiro atoms. The molecular weight excluding hydrogens is 369 g/mol. The van der Waals surface area contributed by atoms with Gasteiger partial charge in [-0.2, -0.15) is 0 Å². The van der Waals surface area contributed by atoms with E-state index in [-0.39, 0.29) is 5.69 Å². The van der Waals surface area contributed by atoms with Crippen molar-refractivity contribution in [3.63, 3.8) is 0 Å². The molecule has 0 aliphatic carbocycles. The number of halogens is 1. The third-order valence-corrected chi connectivity index (χ3v) is 3.56. The number of nitrogens with one attached hydrogen (secondary N) is 1. The van der Waals surface area contributed by atoms with Gasteiger partial charge >= 0.3 is 5.97 Å². The van der Waals surface area contributed by atoms with Gasteiger partial charge in [0, 0.05) is 15.5 Å². The lowest BCUT2D eigenvalue weighted by Crippen LogP contribution is -2.05. The second-order valence-corrected chi connectivity index (χ2v) is 5.42. The van der Waals surface area contributed by atoms with Crippen molar-refractivity contribution in [2.24, 2.45) is 0 Å². The summed E-state index contributed by atoms with van der Waals surface area (Å²) < 4.78 is 2.67. The fourth-order valence-electron chi connectivity index (χ4n) is 1.96. The van der Waals surface area contributed by atoms with Crippen molar-refractivity contribution in [2.45, 2.75) is 0 Å². The number of fused-ring (bicyclic) bond motifs is 1. The van der Waals surface area contributed by atoms with Gasteiger partial charge in [0.1, 0.15) is 5.65 Å². The van der Waals surface area contributed by atoms with E-state index in [1.54, 1.807) is 22.7 Å². The molecule has 5 nitrogen and oxygen atoms in total. The molecule has 0 aliphatic heterocycles. The van der Waals surface area contributed by atoms with Crippen molar-refractivity contribution in [1.29, 1.82) is 0 Å². The maximum Gasteiger partial charge on any atom is 0.356 e. The lowest BCUT2D eigenvalue weighted by Gasteiger charge is -2.04. The fraction of sp³-hybridized carbons (Fsp3) is 0. The number of rotatable bonds is 3.